The van der Waals surface area contributed by atoms with Gasteiger partial charge in [0.1, 0.15) is 0 Å². The summed E-state index contributed by atoms with van der Waals surface area (Å²) < 4.78 is 23.0. The molecule has 0 aliphatic carbocycles. The van der Waals surface area contributed by atoms with E-state index in [2.05, 4.69) is 4.99 Å². The molecule has 18 heavy (non-hydrogen) atoms. The minimum absolute atomic E-state index is 0.0149. The number of carbonyl (C=O) groups is 1. The maximum atomic E-state index is 11.6. The number of nitrogens with zero attached hydrogens (tertiary/aromatic N) is 1. The lowest BCUT2D eigenvalue weighted by Crippen LogP contribution is -2.24. The third kappa shape index (κ3) is 3.21. The molecule has 1 rings (SSSR count). The van der Waals surface area contributed by atoms with Gasteiger partial charge in [-0.15, -0.1) is 0 Å². The van der Waals surface area contributed by atoms with Gasteiger partial charge in [0.15, 0.2) is 15.8 Å². The first-order chi connectivity index (χ1) is 8.12. The second-order valence-corrected chi connectivity index (χ2v) is 6.10. The number of carbonyl (C=O) groups excluding carboxylic acids is 1. The highest BCUT2D eigenvalue weighted by Gasteiger charge is 2.18. The van der Waals surface area contributed by atoms with Crippen LogP contribution in [0.3, 0.4) is 0 Å². The standard InChI is InChI=1S/C10H12ClN3O3S/c1-5-3-7(11)6(9(15)14-10(12)13)4-8(5)18(2,16)17/h3-4H,1-2H3,(H4,12,13,14,15). The summed E-state index contributed by atoms with van der Waals surface area (Å²) >= 11 is 5.86. The molecule has 0 saturated heterocycles. The van der Waals surface area contributed by atoms with Crippen LogP contribution in [0.1, 0.15) is 15.9 Å². The van der Waals surface area contributed by atoms with E-state index in [9.17, 15) is 13.2 Å². The molecule has 0 aliphatic heterocycles. The minimum Gasteiger partial charge on any atom is -0.370 e. The van der Waals surface area contributed by atoms with E-state index in [-0.39, 0.29) is 15.5 Å². The van der Waals surface area contributed by atoms with Crippen LogP contribution < -0.4 is 11.5 Å². The summed E-state index contributed by atoms with van der Waals surface area (Å²) in [5.41, 5.74) is 10.5. The van der Waals surface area contributed by atoms with Crippen molar-refractivity contribution in [1.82, 2.24) is 0 Å². The number of aryl methyl sites for hydroxylation is 1. The quantitative estimate of drug-likeness (QED) is 0.606. The molecule has 0 aliphatic rings. The molecule has 0 bridgehead atoms. The molecule has 98 valence electrons. The smallest absolute Gasteiger partial charge is 0.281 e. The van der Waals surface area contributed by atoms with Crippen molar-refractivity contribution >= 4 is 33.3 Å². The van der Waals surface area contributed by atoms with Gasteiger partial charge in [0.05, 0.1) is 15.5 Å². The molecule has 0 aromatic heterocycles. The molecule has 0 saturated carbocycles. The van der Waals surface area contributed by atoms with E-state index in [1.54, 1.807) is 6.92 Å². The molecule has 4 N–H and O–H groups in total. The average Bonchev–Trinajstić information content (AvgIpc) is 2.13. The first-order valence-electron chi connectivity index (χ1n) is 4.77. The second kappa shape index (κ2) is 4.95. The van der Waals surface area contributed by atoms with Crippen molar-refractivity contribution in [2.24, 2.45) is 16.5 Å². The molecule has 0 fully saturated rings. The van der Waals surface area contributed by atoms with E-state index in [0.717, 1.165) is 6.26 Å². The summed E-state index contributed by atoms with van der Waals surface area (Å²) in [6.07, 6.45) is 1.04. The molecule has 0 unspecified atom stereocenters. The van der Waals surface area contributed by atoms with Gasteiger partial charge in [-0.05, 0) is 24.6 Å². The Morgan fingerprint density at radius 3 is 2.33 bits per heavy atom. The third-order valence-electron chi connectivity index (χ3n) is 2.13. The molecule has 1 amide bonds. The van der Waals surface area contributed by atoms with Crippen molar-refractivity contribution < 1.29 is 13.2 Å². The summed E-state index contributed by atoms with van der Waals surface area (Å²) in [6.45, 7) is 1.58. The summed E-state index contributed by atoms with van der Waals surface area (Å²) in [7, 11) is -3.46. The van der Waals surface area contributed by atoms with E-state index < -0.39 is 21.7 Å². The monoisotopic (exact) mass is 289 g/mol. The topological polar surface area (TPSA) is 116 Å². The summed E-state index contributed by atoms with van der Waals surface area (Å²) in [5.74, 6) is -1.21. The molecule has 0 spiro atoms. The molecule has 0 atom stereocenters. The fourth-order valence-electron chi connectivity index (χ4n) is 1.39. The molecule has 1 aromatic rings. The van der Waals surface area contributed by atoms with Crippen LogP contribution in [0.5, 0.6) is 0 Å². The Labute approximate surface area is 110 Å². The number of hydrogen-bond acceptors (Lipinski definition) is 3. The molecule has 6 nitrogen and oxygen atoms in total. The predicted octanol–water partition coefficient (Wildman–Crippen LogP) is 0.466. The van der Waals surface area contributed by atoms with Crippen molar-refractivity contribution in [2.75, 3.05) is 6.26 Å². The molecular weight excluding hydrogens is 278 g/mol. The highest BCUT2D eigenvalue weighted by atomic mass is 35.5. The Hall–Kier alpha value is -1.60. The Bertz CT molecular complexity index is 634. The molecule has 0 heterocycles. The molecule has 8 heteroatoms. The number of benzene rings is 1. The number of guanidine groups is 1. The normalized spacial score (nSPS) is 11.1. The van der Waals surface area contributed by atoms with E-state index >= 15 is 0 Å². The van der Waals surface area contributed by atoms with Crippen molar-refractivity contribution in [2.45, 2.75) is 11.8 Å². The van der Waals surface area contributed by atoms with E-state index in [0.29, 0.717) is 5.56 Å². The van der Waals surface area contributed by atoms with Gasteiger partial charge in [-0.1, -0.05) is 11.6 Å². The van der Waals surface area contributed by atoms with Gasteiger partial charge in [-0.3, -0.25) is 4.79 Å². The van der Waals surface area contributed by atoms with Crippen LogP contribution in [0.4, 0.5) is 0 Å². The van der Waals surface area contributed by atoms with E-state index in [4.69, 9.17) is 23.1 Å². The Morgan fingerprint density at radius 1 is 1.33 bits per heavy atom. The van der Waals surface area contributed by atoms with Crippen LogP contribution in [0, 0.1) is 6.92 Å². The zero-order valence-corrected chi connectivity index (χ0v) is 11.3. The SMILES string of the molecule is Cc1cc(Cl)c(C(=O)N=C(N)N)cc1S(C)(=O)=O. The zero-order valence-electron chi connectivity index (χ0n) is 9.77. The fourth-order valence-corrected chi connectivity index (χ4v) is 2.67. The van der Waals surface area contributed by atoms with Gasteiger partial charge >= 0.3 is 0 Å². The average molecular weight is 290 g/mol. The molecule has 0 radical (unpaired) electrons. The van der Waals surface area contributed by atoms with Gasteiger partial charge in [0.25, 0.3) is 5.91 Å². The summed E-state index contributed by atoms with van der Waals surface area (Å²) in [5, 5.41) is 0.0925. The number of sulfone groups is 1. The largest absolute Gasteiger partial charge is 0.370 e. The maximum absolute atomic E-state index is 11.6. The van der Waals surface area contributed by atoms with Crippen molar-refractivity contribution in [3.05, 3.63) is 28.3 Å². The third-order valence-corrected chi connectivity index (χ3v) is 3.68. The number of nitrogens with two attached hydrogens (primary N) is 2. The van der Waals surface area contributed by atoms with Gasteiger partial charge in [0.2, 0.25) is 0 Å². The molecular formula is C10H12ClN3O3S. The highest BCUT2D eigenvalue weighted by Crippen LogP contribution is 2.25. The number of halogens is 1. The minimum atomic E-state index is -3.46. The van der Waals surface area contributed by atoms with Gasteiger partial charge in [-0.25, -0.2) is 8.42 Å². The first kappa shape index (κ1) is 14.5. The second-order valence-electron chi connectivity index (χ2n) is 3.71. The lowest BCUT2D eigenvalue weighted by atomic mass is 10.1. The fraction of sp³-hybridized carbons (Fsp3) is 0.200. The van der Waals surface area contributed by atoms with Crippen LogP contribution >= 0.6 is 11.6 Å². The van der Waals surface area contributed by atoms with E-state index in [1.165, 1.54) is 12.1 Å². The van der Waals surface area contributed by atoms with Crippen LogP contribution in [-0.4, -0.2) is 26.5 Å². The van der Waals surface area contributed by atoms with Crippen molar-refractivity contribution in [1.29, 1.82) is 0 Å². The van der Waals surface area contributed by atoms with E-state index in [1.807, 2.05) is 0 Å². The molecule has 1 aromatic carbocycles. The lowest BCUT2D eigenvalue weighted by Gasteiger charge is -2.07. The van der Waals surface area contributed by atoms with Crippen LogP contribution in [0.15, 0.2) is 22.0 Å². The summed E-state index contributed by atoms with van der Waals surface area (Å²) in [4.78, 5) is 15.0. The van der Waals surface area contributed by atoms with Crippen LogP contribution in [0.25, 0.3) is 0 Å². The van der Waals surface area contributed by atoms with Crippen LogP contribution in [-0.2, 0) is 9.84 Å². The van der Waals surface area contributed by atoms with Crippen LogP contribution in [0.2, 0.25) is 5.02 Å². The predicted molar refractivity (Wildman–Crippen MR) is 69.4 cm³/mol. The number of amides is 1. The van der Waals surface area contributed by atoms with Gasteiger partial charge in [-0.2, -0.15) is 4.99 Å². The van der Waals surface area contributed by atoms with Gasteiger partial charge < -0.3 is 11.5 Å². The highest BCUT2D eigenvalue weighted by molar-refractivity contribution is 7.90. The summed E-state index contributed by atoms with van der Waals surface area (Å²) in [6, 6.07) is 2.55. The number of rotatable bonds is 2. The Kier molecular flexibility index (Phi) is 3.98. The maximum Gasteiger partial charge on any atom is 0.281 e. The van der Waals surface area contributed by atoms with Crippen molar-refractivity contribution in [3.8, 4) is 0 Å². The first-order valence-corrected chi connectivity index (χ1v) is 7.04. The number of hydrogen-bond donors (Lipinski definition) is 2. The van der Waals surface area contributed by atoms with Gasteiger partial charge in [0, 0.05) is 6.26 Å². The zero-order chi connectivity index (χ0) is 14.1. The Morgan fingerprint density at radius 2 is 1.89 bits per heavy atom. The number of aliphatic imine (C=N–C) groups is 1. The lowest BCUT2D eigenvalue weighted by molar-refractivity contribution is 0.100. The van der Waals surface area contributed by atoms with Crippen molar-refractivity contribution in [3.63, 3.8) is 0 Å². The Balaban J connectivity index is 3.49.